The van der Waals surface area contributed by atoms with Gasteiger partial charge in [-0.2, -0.15) is 0 Å². The number of allylic oxidation sites excluding steroid dienone is 1. The fraction of sp³-hybridized carbons (Fsp3) is 0.500. The molecule has 1 fully saturated rings. The molecule has 1 aliphatic heterocycles. The molecule has 0 aromatic carbocycles. The van der Waals surface area contributed by atoms with Gasteiger partial charge in [0.2, 0.25) is 0 Å². The van der Waals surface area contributed by atoms with Crippen molar-refractivity contribution in [1.29, 1.82) is 0 Å². The highest BCUT2D eigenvalue weighted by Gasteiger charge is 2.27. The molecular weight excluding hydrogens is 158 g/mol. The first-order valence-corrected chi connectivity index (χ1v) is 3.64. The number of hydrogen-bond acceptors (Lipinski definition) is 3. The Bertz CT molecular complexity index is 260. The molecule has 0 saturated carbocycles. The molecule has 0 aromatic rings. The molecular formula is C8H11NO3. The summed E-state index contributed by atoms with van der Waals surface area (Å²) in [7, 11) is 0. The zero-order chi connectivity index (χ0) is 9.35. The number of alkyl carbamates (subject to hydrolysis) is 1. The van der Waals surface area contributed by atoms with Crippen LogP contribution in [0.2, 0.25) is 0 Å². The Labute approximate surface area is 70.6 Å². The van der Waals surface area contributed by atoms with Gasteiger partial charge in [0.1, 0.15) is 0 Å². The Balaban J connectivity index is 2.84. The number of cyclic esters (lactones) is 1. The molecule has 4 heteroatoms. The Morgan fingerprint density at radius 1 is 1.33 bits per heavy atom. The predicted molar refractivity (Wildman–Crippen MR) is 42.2 cm³/mol. The maximum Gasteiger partial charge on any atom is 0.419 e. The van der Waals surface area contributed by atoms with Crippen LogP contribution >= 0.6 is 0 Å². The first kappa shape index (κ1) is 8.77. The van der Waals surface area contributed by atoms with Crippen LogP contribution in [0.1, 0.15) is 20.8 Å². The summed E-state index contributed by atoms with van der Waals surface area (Å²) in [4.78, 5) is 21.5. The predicted octanol–water partition coefficient (Wildman–Crippen LogP) is 1.18. The van der Waals surface area contributed by atoms with Crippen molar-refractivity contribution in [1.82, 2.24) is 5.32 Å². The van der Waals surface area contributed by atoms with Crippen LogP contribution in [-0.2, 0) is 9.53 Å². The van der Waals surface area contributed by atoms with E-state index >= 15 is 0 Å². The standard InChI is InChI=1S/C8H11NO3/c1-8(2,3)4-5-6(10)9-7(11)12-5/h4H,1-3H3,(H,9,10,11)/b5-4-. The maximum absolute atomic E-state index is 10.9. The second kappa shape index (κ2) is 2.62. The number of nitrogens with one attached hydrogen (secondary N) is 1. The zero-order valence-electron chi connectivity index (χ0n) is 7.30. The molecule has 0 unspecified atom stereocenters. The van der Waals surface area contributed by atoms with Crippen LogP contribution in [0.5, 0.6) is 0 Å². The van der Waals surface area contributed by atoms with Crippen molar-refractivity contribution in [3.8, 4) is 0 Å². The molecule has 1 saturated heterocycles. The fourth-order valence-electron chi connectivity index (χ4n) is 0.814. The van der Waals surface area contributed by atoms with Gasteiger partial charge in [0.25, 0.3) is 5.91 Å². The van der Waals surface area contributed by atoms with Gasteiger partial charge >= 0.3 is 6.09 Å². The highest BCUT2D eigenvalue weighted by Crippen LogP contribution is 2.19. The van der Waals surface area contributed by atoms with Crippen LogP contribution in [0, 0.1) is 5.41 Å². The summed E-state index contributed by atoms with van der Waals surface area (Å²) in [5.41, 5.74) is -0.169. The normalized spacial score (nSPS) is 21.1. The molecule has 1 N–H and O–H groups in total. The molecule has 4 nitrogen and oxygen atoms in total. The van der Waals surface area contributed by atoms with Crippen molar-refractivity contribution in [3.63, 3.8) is 0 Å². The summed E-state index contributed by atoms with van der Waals surface area (Å²) < 4.78 is 4.61. The van der Waals surface area contributed by atoms with E-state index in [0.29, 0.717) is 0 Å². The minimum atomic E-state index is -0.699. The molecule has 0 spiro atoms. The summed E-state index contributed by atoms with van der Waals surface area (Å²) in [5, 5.41) is 2.02. The van der Waals surface area contributed by atoms with E-state index in [-0.39, 0.29) is 11.2 Å². The van der Waals surface area contributed by atoms with E-state index in [1.807, 2.05) is 26.1 Å². The van der Waals surface area contributed by atoms with Crippen LogP contribution in [0.4, 0.5) is 4.79 Å². The number of ether oxygens (including phenoxy) is 1. The Kier molecular flexibility index (Phi) is 1.92. The van der Waals surface area contributed by atoms with Crippen molar-refractivity contribution < 1.29 is 14.3 Å². The van der Waals surface area contributed by atoms with Gasteiger partial charge in [-0.15, -0.1) is 0 Å². The van der Waals surface area contributed by atoms with Gasteiger partial charge in [0.05, 0.1) is 0 Å². The van der Waals surface area contributed by atoms with Crippen molar-refractivity contribution >= 4 is 12.0 Å². The molecule has 1 rings (SSSR count). The summed E-state index contributed by atoms with van der Waals surface area (Å²) in [5.74, 6) is -0.373. The average molecular weight is 169 g/mol. The molecule has 2 amide bonds. The van der Waals surface area contributed by atoms with E-state index in [2.05, 4.69) is 4.74 Å². The molecule has 0 bridgehead atoms. The number of rotatable bonds is 0. The third-order valence-corrected chi connectivity index (χ3v) is 1.21. The molecule has 0 aromatic heterocycles. The third-order valence-electron chi connectivity index (χ3n) is 1.21. The van der Waals surface area contributed by atoms with Gasteiger partial charge in [0.15, 0.2) is 5.76 Å². The summed E-state index contributed by atoms with van der Waals surface area (Å²) in [6.07, 6.45) is 0.920. The molecule has 0 radical (unpaired) electrons. The van der Waals surface area contributed by atoms with Crippen molar-refractivity contribution in [3.05, 3.63) is 11.8 Å². The van der Waals surface area contributed by atoms with Gasteiger partial charge in [-0.05, 0) is 11.5 Å². The molecule has 0 aliphatic carbocycles. The zero-order valence-corrected chi connectivity index (χ0v) is 7.30. The molecule has 12 heavy (non-hydrogen) atoms. The number of carbonyl (C=O) groups excluding carboxylic acids is 2. The van der Waals surface area contributed by atoms with E-state index in [4.69, 9.17) is 0 Å². The van der Waals surface area contributed by atoms with Gasteiger partial charge in [-0.3, -0.25) is 10.1 Å². The van der Waals surface area contributed by atoms with Crippen LogP contribution in [0.15, 0.2) is 11.8 Å². The lowest BCUT2D eigenvalue weighted by molar-refractivity contribution is -0.116. The van der Waals surface area contributed by atoms with Crippen LogP contribution in [0.25, 0.3) is 0 Å². The quantitative estimate of drug-likeness (QED) is 0.554. The Hall–Kier alpha value is -1.32. The topological polar surface area (TPSA) is 55.4 Å². The Morgan fingerprint density at radius 2 is 1.92 bits per heavy atom. The summed E-state index contributed by atoms with van der Waals surface area (Å²) in [6.45, 7) is 5.75. The van der Waals surface area contributed by atoms with Crippen LogP contribution < -0.4 is 5.32 Å². The minimum absolute atomic E-state index is 0.0903. The SMILES string of the molecule is CC(C)(C)/C=C1\OC(=O)NC1=O. The minimum Gasteiger partial charge on any atom is -0.404 e. The average Bonchev–Trinajstić information content (AvgIpc) is 2.06. The molecule has 1 aliphatic rings. The highest BCUT2D eigenvalue weighted by atomic mass is 16.6. The van der Waals surface area contributed by atoms with E-state index < -0.39 is 12.0 Å². The summed E-state index contributed by atoms with van der Waals surface area (Å²) in [6, 6.07) is 0. The number of carbonyl (C=O) groups is 2. The van der Waals surface area contributed by atoms with Crippen molar-refractivity contribution in [2.45, 2.75) is 20.8 Å². The lowest BCUT2D eigenvalue weighted by Gasteiger charge is -2.11. The first-order chi connectivity index (χ1) is 5.38. The van der Waals surface area contributed by atoms with Gasteiger partial charge < -0.3 is 4.74 Å². The maximum atomic E-state index is 10.9. The second-order valence-electron chi connectivity index (χ2n) is 3.72. The fourth-order valence-corrected chi connectivity index (χ4v) is 0.814. The third kappa shape index (κ3) is 2.08. The lowest BCUT2D eigenvalue weighted by Crippen LogP contribution is -2.19. The monoisotopic (exact) mass is 169 g/mol. The van der Waals surface area contributed by atoms with E-state index in [1.54, 1.807) is 6.08 Å². The largest absolute Gasteiger partial charge is 0.419 e. The number of hydrogen-bond donors (Lipinski definition) is 1. The molecule has 0 atom stereocenters. The van der Waals surface area contributed by atoms with Crippen LogP contribution in [-0.4, -0.2) is 12.0 Å². The van der Waals surface area contributed by atoms with Gasteiger partial charge in [-0.1, -0.05) is 20.8 Å². The van der Waals surface area contributed by atoms with Crippen molar-refractivity contribution in [2.75, 3.05) is 0 Å². The number of amides is 2. The van der Waals surface area contributed by atoms with Gasteiger partial charge in [-0.25, -0.2) is 4.79 Å². The molecule has 66 valence electrons. The van der Waals surface area contributed by atoms with E-state index in [1.165, 1.54) is 0 Å². The number of imide groups is 1. The Morgan fingerprint density at radius 3 is 2.25 bits per heavy atom. The van der Waals surface area contributed by atoms with Gasteiger partial charge in [0, 0.05) is 0 Å². The lowest BCUT2D eigenvalue weighted by atomic mass is 9.96. The van der Waals surface area contributed by atoms with E-state index in [0.717, 1.165) is 0 Å². The smallest absolute Gasteiger partial charge is 0.404 e. The van der Waals surface area contributed by atoms with E-state index in [9.17, 15) is 9.59 Å². The van der Waals surface area contributed by atoms with Crippen molar-refractivity contribution in [2.24, 2.45) is 5.41 Å². The summed E-state index contributed by atoms with van der Waals surface area (Å²) >= 11 is 0. The first-order valence-electron chi connectivity index (χ1n) is 3.64. The second-order valence-corrected chi connectivity index (χ2v) is 3.72. The molecule has 1 heterocycles. The highest BCUT2D eigenvalue weighted by molar-refractivity contribution is 6.07. The van der Waals surface area contributed by atoms with Crippen LogP contribution in [0.3, 0.4) is 0 Å².